The first kappa shape index (κ1) is 7.76. The summed E-state index contributed by atoms with van der Waals surface area (Å²) in [6.45, 7) is 2.08. The normalized spacial score (nSPS) is 11.6. The van der Waals surface area contributed by atoms with Gasteiger partial charge in [-0.15, -0.1) is 5.03 Å². The third kappa shape index (κ3) is 2.86. The molecular weight excluding hydrogens is 118 g/mol. The molecule has 0 aliphatic rings. The maximum absolute atomic E-state index is 4.95. The maximum atomic E-state index is 4.95. The highest BCUT2D eigenvalue weighted by molar-refractivity contribution is 7.63. The standard InChI is InChI=1S/C6H13NS/c1-4-5-6(8)7(2)3/h5,8H,4H2,1-3H3/p-1/b6-5+. The van der Waals surface area contributed by atoms with Gasteiger partial charge in [0, 0.05) is 14.1 Å². The van der Waals surface area contributed by atoms with Gasteiger partial charge in [0.05, 0.1) is 0 Å². The lowest BCUT2D eigenvalue weighted by molar-refractivity contribution is 0.548. The fraction of sp³-hybridized carbons (Fsp3) is 0.667. The van der Waals surface area contributed by atoms with Gasteiger partial charge in [-0.1, -0.05) is 13.0 Å². The number of allylic oxidation sites excluding steroid dienone is 1. The van der Waals surface area contributed by atoms with Gasteiger partial charge in [0.25, 0.3) is 0 Å². The molecule has 0 aromatic heterocycles. The van der Waals surface area contributed by atoms with Crippen molar-refractivity contribution < 1.29 is 0 Å². The molecular formula is C6H12NS-. The van der Waals surface area contributed by atoms with E-state index in [2.05, 4.69) is 6.92 Å². The highest BCUT2D eigenvalue weighted by Crippen LogP contribution is 1.94. The van der Waals surface area contributed by atoms with Crippen LogP contribution in [-0.2, 0) is 12.6 Å². The summed E-state index contributed by atoms with van der Waals surface area (Å²) in [6.07, 6.45) is 3.05. The molecule has 0 rings (SSSR count). The van der Waals surface area contributed by atoms with E-state index in [-0.39, 0.29) is 0 Å². The van der Waals surface area contributed by atoms with Crippen molar-refractivity contribution >= 4 is 12.6 Å². The molecule has 0 aliphatic carbocycles. The molecule has 0 aliphatic heterocycles. The fourth-order valence-corrected chi connectivity index (χ4v) is 0.524. The molecule has 0 radical (unpaired) electrons. The molecule has 2 heteroatoms. The summed E-state index contributed by atoms with van der Waals surface area (Å²) in [4.78, 5) is 1.93. The second-order valence-corrected chi connectivity index (χ2v) is 2.26. The highest BCUT2D eigenvalue weighted by atomic mass is 32.1. The van der Waals surface area contributed by atoms with Crippen LogP contribution in [0.2, 0.25) is 0 Å². The van der Waals surface area contributed by atoms with Crippen LogP contribution in [0.4, 0.5) is 0 Å². The minimum atomic E-state index is 0.924. The van der Waals surface area contributed by atoms with Crippen LogP contribution in [0, 0.1) is 0 Å². The Morgan fingerprint density at radius 1 is 1.62 bits per heavy atom. The van der Waals surface area contributed by atoms with Crippen molar-refractivity contribution in [2.45, 2.75) is 13.3 Å². The molecule has 0 aromatic rings. The van der Waals surface area contributed by atoms with E-state index in [9.17, 15) is 0 Å². The molecule has 8 heavy (non-hydrogen) atoms. The molecule has 0 fully saturated rings. The molecule has 0 saturated heterocycles. The first-order chi connectivity index (χ1) is 3.68. The molecule has 48 valence electrons. The van der Waals surface area contributed by atoms with Crippen LogP contribution in [0.3, 0.4) is 0 Å². The van der Waals surface area contributed by atoms with Crippen LogP contribution in [0.1, 0.15) is 13.3 Å². The molecule has 0 heterocycles. The van der Waals surface area contributed by atoms with Crippen molar-refractivity contribution in [2.75, 3.05) is 14.1 Å². The van der Waals surface area contributed by atoms with Crippen molar-refractivity contribution in [3.05, 3.63) is 11.1 Å². The lowest BCUT2D eigenvalue weighted by atomic mass is 10.5. The first-order valence-corrected chi connectivity index (χ1v) is 3.13. The summed E-state index contributed by atoms with van der Waals surface area (Å²) >= 11 is 4.95. The van der Waals surface area contributed by atoms with Crippen LogP contribution in [-0.4, -0.2) is 19.0 Å². The summed E-state index contributed by atoms with van der Waals surface area (Å²) in [5, 5.41) is 0.924. The van der Waals surface area contributed by atoms with E-state index >= 15 is 0 Å². The Labute approximate surface area is 56.8 Å². The number of hydrogen-bond acceptors (Lipinski definition) is 2. The van der Waals surface area contributed by atoms with E-state index in [1.807, 2.05) is 25.1 Å². The number of nitrogens with zero attached hydrogens (tertiary/aromatic N) is 1. The average Bonchev–Trinajstić information content (AvgIpc) is 1.67. The second kappa shape index (κ2) is 3.72. The molecule has 0 atom stereocenters. The Balaban J connectivity index is 3.61. The summed E-state index contributed by atoms with van der Waals surface area (Å²) in [6, 6.07) is 0. The van der Waals surface area contributed by atoms with Crippen molar-refractivity contribution in [1.82, 2.24) is 4.90 Å². The van der Waals surface area contributed by atoms with Crippen molar-refractivity contribution in [1.29, 1.82) is 0 Å². The molecule has 0 spiro atoms. The minimum absolute atomic E-state index is 0.924. The topological polar surface area (TPSA) is 3.24 Å². The fourth-order valence-electron chi connectivity index (χ4n) is 0.357. The molecule has 0 unspecified atom stereocenters. The van der Waals surface area contributed by atoms with E-state index in [4.69, 9.17) is 12.6 Å². The lowest BCUT2D eigenvalue weighted by Crippen LogP contribution is -2.08. The lowest BCUT2D eigenvalue weighted by Gasteiger charge is -2.22. The summed E-state index contributed by atoms with van der Waals surface area (Å²) in [5.41, 5.74) is 0. The minimum Gasteiger partial charge on any atom is -0.763 e. The molecule has 1 nitrogen and oxygen atoms in total. The van der Waals surface area contributed by atoms with Gasteiger partial charge < -0.3 is 17.5 Å². The summed E-state index contributed by atoms with van der Waals surface area (Å²) < 4.78 is 0. The zero-order valence-electron chi connectivity index (χ0n) is 5.64. The Morgan fingerprint density at radius 3 is 2.25 bits per heavy atom. The predicted octanol–water partition coefficient (Wildman–Crippen LogP) is 1.35. The largest absolute Gasteiger partial charge is 0.763 e. The van der Waals surface area contributed by atoms with E-state index in [1.165, 1.54) is 0 Å². The molecule has 0 aromatic carbocycles. The maximum Gasteiger partial charge on any atom is 0.00396 e. The van der Waals surface area contributed by atoms with Crippen molar-refractivity contribution in [3.8, 4) is 0 Å². The Morgan fingerprint density at radius 2 is 2.12 bits per heavy atom. The van der Waals surface area contributed by atoms with Gasteiger partial charge in [-0.05, 0) is 6.42 Å². The van der Waals surface area contributed by atoms with Crippen LogP contribution >= 0.6 is 0 Å². The predicted molar refractivity (Wildman–Crippen MR) is 39.4 cm³/mol. The van der Waals surface area contributed by atoms with Crippen LogP contribution in [0.25, 0.3) is 0 Å². The van der Waals surface area contributed by atoms with Gasteiger partial charge in [0.2, 0.25) is 0 Å². The molecule has 0 bridgehead atoms. The van der Waals surface area contributed by atoms with Gasteiger partial charge in [0.15, 0.2) is 0 Å². The molecule has 0 N–H and O–H groups in total. The van der Waals surface area contributed by atoms with E-state index in [0.717, 1.165) is 11.4 Å². The Hall–Kier alpha value is -0.240. The van der Waals surface area contributed by atoms with Crippen LogP contribution < -0.4 is 0 Å². The second-order valence-electron chi connectivity index (χ2n) is 1.85. The molecule has 0 amide bonds. The van der Waals surface area contributed by atoms with Gasteiger partial charge >= 0.3 is 0 Å². The van der Waals surface area contributed by atoms with Crippen LogP contribution in [0.15, 0.2) is 11.1 Å². The van der Waals surface area contributed by atoms with Gasteiger partial charge in [-0.25, -0.2) is 0 Å². The smallest absolute Gasteiger partial charge is 0.00396 e. The summed E-state index contributed by atoms with van der Waals surface area (Å²) in [7, 11) is 3.91. The third-order valence-corrected chi connectivity index (χ3v) is 1.35. The average molecular weight is 130 g/mol. The molecule has 0 saturated carbocycles. The first-order valence-electron chi connectivity index (χ1n) is 2.73. The van der Waals surface area contributed by atoms with Crippen LogP contribution in [0.5, 0.6) is 0 Å². The van der Waals surface area contributed by atoms with Crippen molar-refractivity contribution in [3.63, 3.8) is 0 Å². The Bertz CT molecular complexity index is 86.5. The Kier molecular flexibility index (Phi) is 3.61. The SMILES string of the molecule is CC/C=C(/[S-])N(C)C. The van der Waals surface area contributed by atoms with E-state index in [0.29, 0.717) is 0 Å². The van der Waals surface area contributed by atoms with Crippen molar-refractivity contribution in [2.24, 2.45) is 0 Å². The number of rotatable bonds is 2. The number of hydrogen-bond donors (Lipinski definition) is 0. The van der Waals surface area contributed by atoms with Gasteiger partial charge in [-0.3, -0.25) is 0 Å². The van der Waals surface area contributed by atoms with E-state index < -0.39 is 0 Å². The van der Waals surface area contributed by atoms with Gasteiger partial charge in [0.1, 0.15) is 0 Å². The van der Waals surface area contributed by atoms with Gasteiger partial charge in [-0.2, -0.15) is 0 Å². The third-order valence-electron chi connectivity index (χ3n) is 0.820. The van der Waals surface area contributed by atoms with E-state index in [1.54, 1.807) is 0 Å². The summed E-state index contributed by atoms with van der Waals surface area (Å²) in [5.74, 6) is 0. The monoisotopic (exact) mass is 130 g/mol. The highest BCUT2D eigenvalue weighted by Gasteiger charge is 1.76. The zero-order chi connectivity index (χ0) is 6.57. The zero-order valence-corrected chi connectivity index (χ0v) is 6.46. The quantitative estimate of drug-likeness (QED) is 0.519.